The Bertz CT molecular complexity index is 58.0. The fourth-order valence-corrected chi connectivity index (χ4v) is 0. The topological polar surface area (TPSA) is 34.1 Å². The Morgan fingerprint density at radius 3 is 1.40 bits per heavy atom. The largest absolute Gasteiger partial charge is 0 e. The summed E-state index contributed by atoms with van der Waals surface area (Å²) in [7, 11) is 0. The maximum Gasteiger partial charge on any atom is 0 e. The van der Waals surface area contributed by atoms with Gasteiger partial charge in [-0.1, -0.05) is 0 Å². The molecule has 32 valence electrons. The standard InChI is InChI=1S/Cu.O2P.U/c;1-3-2;. The van der Waals surface area contributed by atoms with Crippen LogP contribution in [0.2, 0.25) is 0 Å². The normalized spacial score (nSPS) is 5.20. The molecule has 0 aliphatic rings. The second kappa shape index (κ2) is 5.47. The molecule has 5 heteroatoms. The molecule has 0 rings (SSSR count). The molecule has 0 amide bonds. The third-order valence-electron chi connectivity index (χ3n) is 0. The average molecular weight is 365 g/mol. The van der Waals surface area contributed by atoms with Crippen molar-refractivity contribution >= 4 is 6.37 Å². The maximum atomic E-state index is 8.84. The van der Waals surface area contributed by atoms with E-state index in [0.29, 0.717) is 0 Å². The third kappa shape index (κ3) is 30.5. The summed E-state index contributed by atoms with van der Waals surface area (Å²) in [4.78, 5) is 0. The van der Waals surface area contributed by atoms with Crippen molar-refractivity contribution in [2.75, 3.05) is 0 Å². The molecule has 0 heterocycles. The van der Waals surface area contributed by atoms with Crippen molar-refractivity contribution < 1.29 is 55.8 Å². The molecule has 0 aliphatic carbocycles. The van der Waals surface area contributed by atoms with Crippen LogP contribution >= 0.6 is 6.37 Å². The first-order valence-electron chi connectivity index (χ1n) is 0.500. The first-order valence-corrected chi connectivity index (χ1v) is 2.76. The Hall–Kier alpha value is 1.47. The Balaban J connectivity index is 0. The Kier molecular flexibility index (Phi) is 10.6. The van der Waals surface area contributed by atoms with Crippen LogP contribution in [-0.2, 0) is 24.7 Å². The summed E-state index contributed by atoms with van der Waals surface area (Å²) in [6, 6.07) is 0. The predicted octanol–water partition coefficient (Wildman–Crippen LogP) is 0.621. The summed E-state index contributed by atoms with van der Waals surface area (Å²) in [5.74, 6) is 0. The van der Waals surface area contributed by atoms with Crippen molar-refractivity contribution in [2.45, 2.75) is 0 Å². The van der Waals surface area contributed by atoms with Crippen molar-refractivity contribution in [1.29, 1.82) is 0 Å². The van der Waals surface area contributed by atoms with Gasteiger partial charge in [-0.25, -0.2) is 0 Å². The molecule has 0 aromatic rings. The van der Waals surface area contributed by atoms with Gasteiger partial charge in [0.1, 0.15) is 0 Å². The zero-order chi connectivity index (χ0) is 3.58. The second-order valence-corrected chi connectivity index (χ2v) is 1.59. The van der Waals surface area contributed by atoms with Gasteiger partial charge in [0.2, 0.25) is 0 Å². The Labute approximate surface area is 61.7 Å². The van der Waals surface area contributed by atoms with Gasteiger partial charge in [-0.05, 0) is 0 Å². The molecule has 0 saturated carbocycles. The van der Waals surface area contributed by atoms with Crippen molar-refractivity contribution in [1.82, 2.24) is 0 Å². The minimum atomic E-state index is -2.56. The second-order valence-electron chi connectivity index (χ2n) is 0.185. The van der Waals surface area contributed by atoms with Crippen LogP contribution in [0.4, 0.5) is 0 Å². The van der Waals surface area contributed by atoms with E-state index in [9.17, 15) is 0 Å². The number of rotatable bonds is 0. The fourth-order valence-electron chi connectivity index (χ4n) is 0. The molecule has 0 saturated heterocycles. The van der Waals surface area contributed by atoms with E-state index >= 15 is 0 Å². The van der Waals surface area contributed by atoms with Crippen molar-refractivity contribution in [3.05, 3.63) is 0 Å². The van der Waals surface area contributed by atoms with Gasteiger partial charge in [0.25, 0.3) is 0 Å². The molecule has 0 aliphatic heterocycles. The van der Waals surface area contributed by atoms with Crippen molar-refractivity contribution in [3.8, 4) is 0 Å². The van der Waals surface area contributed by atoms with Crippen LogP contribution < -0.4 is 0 Å². The molecule has 0 fully saturated rings. The van der Waals surface area contributed by atoms with Crippen LogP contribution in [0, 0.1) is 31.1 Å². The molecule has 2 nitrogen and oxygen atoms in total. The van der Waals surface area contributed by atoms with Gasteiger partial charge in [0.05, 0.1) is 0 Å². The van der Waals surface area contributed by atoms with Crippen LogP contribution in [0.25, 0.3) is 0 Å². The van der Waals surface area contributed by atoms with Crippen LogP contribution in [0.5, 0.6) is 0 Å². The summed E-state index contributed by atoms with van der Waals surface area (Å²) in [6.07, 6.45) is -2.56. The Morgan fingerprint density at radius 2 is 1.40 bits per heavy atom. The summed E-state index contributed by atoms with van der Waals surface area (Å²) in [5.41, 5.74) is 0. The van der Waals surface area contributed by atoms with E-state index in [2.05, 4.69) is 15.6 Å². The van der Waals surface area contributed by atoms with Gasteiger partial charge in [0.15, 0.2) is 0 Å². The minimum absolute atomic E-state index is 0. The average Bonchev–Trinajstić information content (AvgIpc) is 0.811. The molecule has 0 unspecified atom stereocenters. The smallest absolute Gasteiger partial charge is 0 e. The number of hydrogen-bond donors (Lipinski definition) is 0. The molecule has 0 spiro atoms. The molecule has 0 aromatic carbocycles. The van der Waals surface area contributed by atoms with E-state index in [1.165, 1.54) is 0 Å². The summed E-state index contributed by atoms with van der Waals surface area (Å²) in [6.45, 7) is 0. The van der Waals surface area contributed by atoms with Gasteiger partial charge in [0, 0.05) is 31.1 Å². The molecular weight excluding hydrogens is 365 g/mol. The third-order valence-corrected chi connectivity index (χ3v) is 0. The van der Waals surface area contributed by atoms with Crippen molar-refractivity contribution in [2.24, 2.45) is 0 Å². The first-order chi connectivity index (χ1) is 1.73. The predicted molar refractivity (Wildman–Crippen MR) is 8.29 cm³/mol. The quantitative estimate of drug-likeness (QED) is 0.467. The summed E-state index contributed by atoms with van der Waals surface area (Å²) < 4.78 is 17.7. The van der Waals surface area contributed by atoms with Crippen LogP contribution in [0.1, 0.15) is 0 Å². The van der Waals surface area contributed by atoms with Gasteiger partial charge >= 0.3 is 31.1 Å². The zero-order valence-electron chi connectivity index (χ0n) is 2.07. The minimum Gasteiger partial charge on any atom is 0 e. The van der Waals surface area contributed by atoms with E-state index in [1.54, 1.807) is 0 Å². The molecule has 0 atom stereocenters. The van der Waals surface area contributed by atoms with E-state index in [0.717, 1.165) is 0 Å². The molecule has 0 aromatic heterocycles. The van der Waals surface area contributed by atoms with Crippen LogP contribution in [0.15, 0.2) is 0 Å². The molecule has 5 heavy (non-hydrogen) atoms. The molecule has 0 bridgehead atoms. The monoisotopic (exact) mass is 364 g/mol. The molecule has 0 N–H and O–H groups in total. The van der Waals surface area contributed by atoms with Gasteiger partial charge in [-0.15, -0.1) is 0 Å². The van der Waals surface area contributed by atoms with Gasteiger partial charge in [-0.2, -0.15) is 0 Å². The first kappa shape index (κ1) is 9.69. The molecular formula is CuO2PU. The summed E-state index contributed by atoms with van der Waals surface area (Å²) in [5, 5.41) is 0. The zero-order valence-corrected chi connectivity index (χ0v) is 8.06. The maximum absolute atomic E-state index is 8.84. The van der Waals surface area contributed by atoms with Gasteiger partial charge < -0.3 is 0 Å². The Morgan fingerprint density at radius 1 is 1.40 bits per heavy atom. The van der Waals surface area contributed by atoms with Crippen LogP contribution in [0.3, 0.4) is 0 Å². The van der Waals surface area contributed by atoms with Crippen LogP contribution in [-0.4, -0.2) is 0 Å². The SMILES string of the molecule is O=[P](=O)[Cu].[U]. The number of hydrogen-bond acceptors (Lipinski definition) is 2. The van der Waals surface area contributed by atoms with E-state index < -0.39 is 6.37 Å². The summed E-state index contributed by atoms with van der Waals surface area (Å²) >= 11 is 3.70. The van der Waals surface area contributed by atoms with E-state index in [-0.39, 0.29) is 31.1 Å². The van der Waals surface area contributed by atoms with Crippen molar-refractivity contribution in [3.63, 3.8) is 0 Å². The fraction of sp³-hybridized carbons (Fsp3) is 0. The van der Waals surface area contributed by atoms with Gasteiger partial charge in [-0.3, -0.25) is 0 Å². The molecule has 0 radical (unpaired) electrons. The van der Waals surface area contributed by atoms with E-state index in [1.807, 2.05) is 0 Å². The van der Waals surface area contributed by atoms with E-state index in [4.69, 9.17) is 9.13 Å².